The number of para-hydroxylation sites is 1. The van der Waals surface area contributed by atoms with Crippen LogP contribution in [0.15, 0.2) is 71.4 Å². The standard InChI is InChI=1S/C24H23N5O2S/c30-23(25-12-22-26-24(28-27-22)17-6-2-1-3-7-17)15-29-13-18-8-4-5-9-20(18)31-21(14-29)19-10-11-32-16-19/h1-11,16,21H,12-15H2,(H,25,30)(H,26,27,28). The summed E-state index contributed by atoms with van der Waals surface area (Å²) < 4.78 is 6.30. The molecule has 1 unspecified atom stereocenters. The number of aromatic amines is 1. The summed E-state index contributed by atoms with van der Waals surface area (Å²) in [6.07, 6.45) is -0.111. The fourth-order valence-electron chi connectivity index (χ4n) is 3.76. The van der Waals surface area contributed by atoms with Gasteiger partial charge in [-0.15, -0.1) is 0 Å². The summed E-state index contributed by atoms with van der Waals surface area (Å²) in [6.45, 7) is 1.87. The molecule has 3 heterocycles. The first kappa shape index (κ1) is 20.4. The molecule has 0 spiro atoms. The number of hydrogen-bond donors (Lipinski definition) is 2. The quantitative estimate of drug-likeness (QED) is 0.472. The molecule has 2 aromatic heterocycles. The number of carbonyl (C=O) groups is 1. The number of thiophene rings is 1. The summed E-state index contributed by atoms with van der Waals surface area (Å²) in [5.41, 5.74) is 3.15. The van der Waals surface area contributed by atoms with Crippen LogP contribution in [0.1, 0.15) is 23.1 Å². The summed E-state index contributed by atoms with van der Waals surface area (Å²) in [4.78, 5) is 19.3. The number of ether oxygens (including phenoxy) is 1. The third-order valence-electron chi connectivity index (χ3n) is 5.36. The predicted molar refractivity (Wildman–Crippen MR) is 123 cm³/mol. The maximum absolute atomic E-state index is 12.7. The molecule has 162 valence electrons. The Morgan fingerprint density at radius 3 is 2.84 bits per heavy atom. The maximum atomic E-state index is 12.7. The largest absolute Gasteiger partial charge is 0.484 e. The van der Waals surface area contributed by atoms with E-state index in [1.165, 1.54) is 0 Å². The number of benzene rings is 2. The maximum Gasteiger partial charge on any atom is 0.234 e. The SMILES string of the molecule is O=C(CN1Cc2ccccc2OC(c2ccsc2)C1)NCc1nc(-c2ccccc2)n[nH]1. The minimum Gasteiger partial charge on any atom is -0.484 e. The highest BCUT2D eigenvalue weighted by atomic mass is 32.1. The molecule has 0 bridgehead atoms. The van der Waals surface area contributed by atoms with Gasteiger partial charge in [-0.3, -0.25) is 14.8 Å². The van der Waals surface area contributed by atoms with Gasteiger partial charge < -0.3 is 10.1 Å². The first-order valence-corrected chi connectivity index (χ1v) is 11.4. The summed E-state index contributed by atoms with van der Waals surface area (Å²) in [7, 11) is 0. The molecule has 2 N–H and O–H groups in total. The fourth-order valence-corrected chi connectivity index (χ4v) is 4.47. The van der Waals surface area contributed by atoms with Crippen LogP contribution < -0.4 is 10.1 Å². The van der Waals surface area contributed by atoms with Crippen LogP contribution in [0.4, 0.5) is 0 Å². The molecule has 1 aliphatic rings. The van der Waals surface area contributed by atoms with Gasteiger partial charge in [0.1, 0.15) is 17.7 Å². The summed E-state index contributed by atoms with van der Waals surface area (Å²) >= 11 is 1.65. The molecule has 0 radical (unpaired) electrons. The van der Waals surface area contributed by atoms with Crippen LogP contribution in [0.25, 0.3) is 11.4 Å². The van der Waals surface area contributed by atoms with Crippen LogP contribution in [0, 0.1) is 0 Å². The van der Waals surface area contributed by atoms with Crippen molar-refractivity contribution in [2.75, 3.05) is 13.1 Å². The Labute approximate surface area is 190 Å². The molecule has 1 aliphatic heterocycles. The highest BCUT2D eigenvalue weighted by Crippen LogP contribution is 2.31. The first-order valence-electron chi connectivity index (χ1n) is 10.5. The molecule has 8 heteroatoms. The van der Waals surface area contributed by atoms with E-state index in [1.54, 1.807) is 11.3 Å². The van der Waals surface area contributed by atoms with Crippen molar-refractivity contribution in [1.82, 2.24) is 25.4 Å². The Morgan fingerprint density at radius 2 is 2.00 bits per heavy atom. The van der Waals surface area contributed by atoms with Crippen LogP contribution in [0.5, 0.6) is 5.75 Å². The lowest BCUT2D eigenvalue weighted by Crippen LogP contribution is -2.38. The third-order valence-corrected chi connectivity index (χ3v) is 6.06. The lowest BCUT2D eigenvalue weighted by Gasteiger charge is -2.23. The summed E-state index contributed by atoms with van der Waals surface area (Å²) in [5, 5.41) is 14.2. The summed E-state index contributed by atoms with van der Waals surface area (Å²) in [5.74, 6) is 2.06. The molecule has 0 aliphatic carbocycles. The molecule has 0 saturated carbocycles. The van der Waals surface area contributed by atoms with E-state index in [0.29, 0.717) is 31.3 Å². The van der Waals surface area contributed by atoms with E-state index >= 15 is 0 Å². The van der Waals surface area contributed by atoms with Gasteiger partial charge >= 0.3 is 0 Å². The zero-order valence-electron chi connectivity index (χ0n) is 17.4. The Bertz CT molecular complexity index is 1180. The molecular formula is C24H23N5O2S. The topological polar surface area (TPSA) is 83.1 Å². The third kappa shape index (κ3) is 4.71. The number of aromatic nitrogens is 3. The van der Waals surface area contributed by atoms with Gasteiger partial charge in [0.15, 0.2) is 5.82 Å². The molecule has 32 heavy (non-hydrogen) atoms. The van der Waals surface area contributed by atoms with Crippen molar-refractivity contribution in [3.63, 3.8) is 0 Å². The van der Waals surface area contributed by atoms with Crippen LogP contribution in [-0.4, -0.2) is 39.1 Å². The number of hydrogen-bond acceptors (Lipinski definition) is 6. The number of nitrogens with zero attached hydrogens (tertiary/aromatic N) is 3. The molecule has 5 rings (SSSR count). The highest BCUT2D eigenvalue weighted by Gasteiger charge is 2.25. The molecule has 1 amide bonds. The average Bonchev–Trinajstić information content (AvgIpc) is 3.48. The van der Waals surface area contributed by atoms with Crippen LogP contribution in [-0.2, 0) is 17.9 Å². The van der Waals surface area contributed by atoms with Crippen molar-refractivity contribution < 1.29 is 9.53 Å². The Balaban J connectivity index is 1.23. The van der Waals surface area contributed by atoms with E-state index < -0.39 is 0 Å². The van der Waals surface area contributed by atoms with Gasteiger partial charge in [-0.05, 0) is 22.9 Å². The monoisotopic (exact) mass is 445 g/mol. The van der Waals surface area contributed by atoms with Crippen molar-refractivity contribution in [2.45, 2.75) is 19.2 Å². The van der Waals surface area contributed by atoms with Gasteiger partial charge in [0.2, 0.25) is 5.91 Å². The zero-order valence-corrected chi connectivity index (χ0v) is 18.2. The Morgan fingerprint density at radius 1 is 1.16 bits per heavy atom. The predicted octanol–water partition coefficient (Wildman–Crippen LogP) is 3.79. The van der Waals surface area contributed by atoms with Gasteiger partial charge in [-0.2, -0.15) is 16.4 Å². The van der Waals surface area contributed by atoms with E-state index in [-0.39, 0.29) is 18.6 Å². The van der Waals surface area contributed by atoms with Gasteiger partial charge in [0.05, 0.1) is 13.1 Å². The highest BCUT2D eigenvalue weighted by molar-refractivity contribution is 7.07. The van der Waals surface area contributed by atoms with Crippen molar-refractivity contribution in [2.24, 2.45) is 0 Å². The van der Waals surface area contributed by atoms with Crippen LogP contribution >= 0.6 is 11.3 Å². The second-order valence-corrected chi connectivity index (χ2v) is 8.47. The van der Waals surface area contributed by atoms with E-state index in [0.717, 1.165) is 22.4 Å². The van der Waals surface area contributed by atoms with Crippen LogP contribution in [0.3, 0.4) is 0 Å². The van der Waals surface area contributed by atoms with E-state index in [1.807, 2.05) is 53.9 Å². The van der Waals surface area contributed by atoms with E-state index in [2.05, 4.69) is 42.9 Å². The minimum atomic E-state index is -0.111. The average molecular weight is 446 g/mol. The molecule has 1 atom stereocenters. The van der Waals surface area contributed by atoms with Crippen molar-refractivity contribution >= 4 is 17.2 Å². The van der Waals surface area contributed by atoms with Gasteiger partial charge in [-0.1, -0.05) is 48.5 Å². The zero-order chi connectivity index (χ0) is 21.8. The normalized spacial score (nSPS) is 16.1. The molecule has 2 aromatic carbocycles. The molecular weight excluding hydrogens is 422 g/mol. The lowest BCUT2D eigenvalue weighted by atomic mass is 10.2. The lowest BCUT2D eigenvalue weighted by molar-refractivity contribution is -0.122. The van der Waals surface area contributed by atoms with Gasteiger partial charge in [0.25, 0.3) is 0 Å². The van der Waals surface area contributed by atoms with Crippen LogP contribution in [0.2, 0.25) is 0 Å². The van der Waals surface area contributed by atoms with E-state index in [4.69, 9.17) is 4.74 Å². The number of H-pyrrole nitrogens is 1. The Hall–Kier alpha value is -3.49. The molecule has 0 fully saturated rings. The van der Waals surface area contributed by atoms with Crippen molar-refractivity contribution in [3.8, 4) is 17.1 Å². The van der Waals surface area contributed by atoms with E-state index in [9.17, 15) is 4.79 Å². The second-order valence-electron chi connectivity index (χ2n) is 7.69. The number of fused-ring (bicyclic) bond motifs is 1. The van der Waals surface area contributed by atoms with Gasteiger partial charge in [-0.25, -0.2) is 4.98 Å². The number of nitrogens with one attached hydrogen (secondary N) is 2. The number of amides is 1. The summed E-state index contributed by atoms with van der Waals surface area (Å²) in [6, 6.07) is 19.8. The molecule has 0 saturated heterocycles. The van der Waals surface area contributed by atoms with Crippen molar-refractivity contribution in [3.05, 3.63) is 88.4 Å². The smallest absolute Gasteiger partial charge is 0.234 e. The first-order chi connectivity index (χ1) is 15.7. The van der Waals surface area contributed by atoms with Gasteiger partial charge in [0, 0.05) is 29.8 Å². The fraction of sp³-hybridized carbons (Fsp3) is 0.208. The Kier molecular flexibility index (Phi) is 5.96. The minimum absolute atomic E-state index is 0.0638. The number of carbonyl (C=O) groups excluding carboxylic acids is 1. The second kappa shape index (κ2) is 9.33. The molecule has 4 aromatic rings. The van der Waals surface area contributed by atoms with Crippen molar-refractivity contribution in [1.29, 1.82) is 0 Å². The number of rotatable bonds is 6. The molecule has 7 nitrogen and oxygen atoms in total.